The van der Waals surface area contributed by atoms with Gasteiger partial charge in [0.2, 0.25) is 10.0 Å². The second-order valence-electron chi connectivity index (χ2n) is 4.21. The lowest BCUT2D eigenvalue weighted by atomic mass is 10.2. The molecule has 0 atom stereocenters. The Morgan fingerprint density at radius 2 is 2.10 bits per heavy atom. The molecule has 0 aliphatic carbocycles. The van der Waals surface area contributed by atoms with E-state index in [1.807, 2.05) is 17.7 Å². The predicted molar refractivity (Wildman–Crippen MR) is 81.6 cm³/mol. The van der Waals surface area contributed by atoms with Crippen LogP contribution in [0.3, 0.4) is 0 Å². The van der Waals surface area contributed by atoms with Gasteiger partial charge in [-0.05, 0) is 56.9 Å². The molecule has 0 bridgehead atoms. The highest BCUT2D eigenvalue weighted by Crippen LogP contribution is 2.27. The van der Waals surface area contributed by atoms with Gasteiger partial charge >= 0.3 is 0 Å². The molecule has 2 aromatic rings. The molecule has 1 aromatic carbocycles. The van der Waals surface area contributed by atoms with Crippen LogP contribution in [0.15, 0.2) is 32.3 Å². The van der Waals surface area contributed by atoms with Crippen LogP contribution in [0.5, 0.6) is 0 Å². The van der Waals surface area contributed by atoms with Gasteiger partial charge in [0.05, 0.1) is 10.6 Å². The number of halogens is 2. The Balaban J connectivity index is 2.27. The third-order valence-electron chi connectivity index (χ3n) is 2.75. The van der Waals surface area contributed by atoms with E-state index in [0.717, 1.165) is 23.3 Å². The number of hydrogen-bond acceptors (Lipinski definition) is 4. The van der Waals surface area contributed by atoms with Crippen molar-refractivity contribution in [3.05, 3.63) is 44.3 Å². The van der Waals surface area contributed by atoms with E-state index in [-0.39, 0.29) is 21.6 Å². The van der Waals surface area contributed by atoms with Gasteiger partial charge in [-0.25, -0.2) is 17.5 Å². The second kappa shape index (κ2) is 5.80. The van der Waals surface area contributed by atoms with Crippen molar-refractivity contribution in [1.82, 2.24) is 4.72 Å². The Kier molecular flexibility index (Phi) is 4.48. The van der Waals surface area contributed by atoms with E-state index in [9.17, 15) is 12.8 Å². The van der Waals surface area contributed by atoms with Crippen LogP contribution in [0.25, 0.3) is 0 Å². The first kappa shape index (κ1) is 15.4. The minimum Gasteiger partial charge on any atom is -0.396 e. The molecule has 0 spiro atoms. The molecule has 20 heavy (non-hydrogen) atoms. The lowest BCUT2D eigenvalue weighted by Crippen LogP contribution is -2.24. The summed E-state index contributed by atoms with van der Waals surface area (Å²) < 4.78 is 40.3. The van der Waals surface area contributed by atoms with E-state index in [1.165, 1.54) is 11.3 Å². The number of sulfonamides is 1. The van der Waals surface area contributed by atoms with Crippen LogP contribution in [-0.4, -0.2) is 8.42 Å². The average molecular weight is 379 g/mol. The zero-order chi connectivity index (χ0) is 14.9. The topological polar surface area (TPSA) is 72.2 Å². The number of aryl methyl sites for hydroxylation is 1. The monoisotopic (exact) mass is 378 g/mol. The normalized spacial score (nSPS) is 11.8. The van der Waals surface area contributed by atoms with E-state index >= 15 is 0 Å². The second-order valence-corrected chi connectivity index (χ2v) is 7.54. The maximum absolute atomic E-state index is 13.2. The third-order valence-corrected chi connectivity index (χ3v) is 6.02. The van der Waals surface area contributed by atoms with Crippen LogP contribution in [0.2, 0.25) is 0 Å². The maximum Gasteiger partial charge on any atom is 0.242 e. The summed E-state index contributed by atoms with van der Waals surface area (Å²) in [6.45, 7) is 2.09. The largest absolute Gasteiger partial charge is 0.396 e. The van der Waals surface area contributed by atoms with Crippen molar-refractivity contribution in [2.75, 3.05) is 5.73 Å². The summed E-state index contributed by atoms with van der Waals surface area (Å²) in [5.41, 5.74) is 7.14. The van der Waals surface area contributed by atoms with Crippen molar-refractivity contribution < 1.29 is 12.8 Å². The number of nitrogen functional groups attached to an aromatic ring is 1. The quantitative estimate of drug-likeness (QED) is 0.803. The highest BCUT2D eigenvalue weighted by Gasteiger charge is 2.20. The number of benzene rings is 1. The Hall–Kier alpha value is -0.960. The van der Waals surface area contributed by atoms with Crippen molar-refractivity contribution in [2.45, 2.75) is 18.4 Å². The molecule has 0 fully saturated rings. The number of rotatable bonds is 4. The summed E-state index contributed by atoms with van der Waals surface area (Å²) >= 11 is 4.54. The van der Waals surface area contributed by atoms with E-state index in [0.29, 0.717) is 0 Å². The molecular formula is C12H12BrFN2O2S2. The van der Waals surface area contributed by atoms with Crippen LogP contribution in [-0.2, 0) is 16.6 Å². The minimum absolute atomic E-state index is 0.0794. The summed E-state index contributed by atoms with van der Waals surface area (Å²) in [4.78, 5) is -0.0794. The summed E-state index contributed by atoms with van der Waals surface area (Å²) in [6.07, 6.45) is 0. The minimum atomic E-state index is -3.76. The lowest BCUT2D eigenvalue weighted by Gasteiger charge is -2.10. The molecule has 8 heteroatoms. The van der Waals surface area contributed by atoms with Crippen molar-refractivity contribution in [3.63, 3.8) is 0 Å². The van der Waals surface area contributed by atoms with Crippen LogP contribution >= 0.6 is 27.3 Å². The van der Waals surface area contributed by atoms with E-state index in [4.69, 9.17) is 5.73 Å². The first-order valence-corrected chi connectivity index (χ1v) is 8.79. The van der Waals surface area contributed by atoms with Gasteiger partial charge in [-0.1, -0.05) is 0 Å². The van der Waals surface area contributed by atoms with Gasteiger partial charge in [-0.2, -0.15) is 11.3 Å². The third kappa shape index (κ3) is 3.20. The van der Waals surface area contributed by atoms with Gasteiger partial charge in [0, 0.05) is 11.0 Å². The summed E-state index contributed by atoms with van der Waals surface area (Å²) in [7, 11) is -3.76. The first-order valence-electron chi connectivity index (χ1n) is 5.57. The Morgan fingerprint density at radius 1 is 1.40 bits per heavy atom. The van der Waals surface area contributed by atoms with Crippen LogP contribution in [0.4, 0.5) is 10.1 Å². The molecule has 108 valence electrons. The first-order chi connectivity index (χ1) is 9.31. The Morgan fingerprint density at radius 3 is 2.70 bits per heavy atom. The molecule has 0 radical (unpaired) electrons. The number of hydrogen-bond donors (Lipinski definition) is 2. The van der Waals surface area contributed by atoms with Gasteiger partial charge in [-0.3, -0.25) is 0 Å². The van der Waals surface area contributed by atoms with Gasteiger partial charge in [-0.15, -0.1) is 0 Å². The SMILES string of the molecule is Cc1cscc1CNS(=O)(=O)c1cc(N)c(F)cc1Br. The van der Waals surface area contributed by atoms with Gasteiger partial charge in [0.25, 0.3) is 0 Å². The van der Waals surface area contributed by atoms with Crippen molar-refractivity contribution in [3.8, 4) is 0 Å². The average Bonchev–Trinajstić information content (AvgIpc) is 2.77. The Bertz CT molecular complexity index is 744. The fourth-order valence-electron chi connectivity index (χ4n) is 1.57. The van der Waals surface area contributed by atoms with Gasteiger partial charge in [0.15, 0.2) is 0 Å². The molecule has 1 aromatic heterocycles. The molecule has 0 unspecified atom stereocenters. The summed E-state index contributed by atoms with van der Waals surface area (Å²) in [5.74, 6) is -0.662. The zero-order valence-corrected chi connectivity index (χ0v) is 13.7. The van der Waals surface area contributed by atoms with Gasteiger partial charge in [0.1, 0.15) is 5.82 Å². The number of anilines is 1. The molecule has 0 aliphatic heterocycles. The van der Waals surface area contributed by atoms with Crippen molar-refractivity contribution >= 4 is 43.0 Å². The van der Waals surface area contributed by atoms with Crippen LogP contribution < -0.4 is 10.5 Å². The number of nitrogens with one attached hydrogen (secondary N) is 1. The molecule has 3 N–H and O–H groups in total. The van der Waals surface area contributed by atoms with Crippen LogP contribution in [0.1, 0.15) is 11.1 Å². The fraction of sp³-hybridized carbons (Fsp3) is 0.167. The van der Waals surface area contributed by atoms with Crippen LogP contribution in [0, 0.1) is 12.7 Å². The van der Waals surface area contributed by atoms with Gasteiger partial charge < -0.3 is 5.73 Å². The number of nitrogens with two attached hydrogens (primary N) is 1. The Labute approximate surface area is 129 Å². The standard InChI is InChI=1S/C12H12BrFN2O2S2/c1-7-5-19-6-8(7)4-16-20(17,18)12-3-11(15)10(14)2-9(12)13/h2-3,5-6,16H,4,15H2,1H3. The molecular weight excluding hydrogens is 367 g/mol. The summed E-state index contributed by atoms with van der Waals surface area (Å²) in [6, 6.07) is 2.14. The predicted octanol–water partition coefficient (Wildman–Crippen LogP) is 3.02. The molecule has 0 saturated heterocycles. The molecule has 0 aliphatic rings. The maximum atomic E-state index is 13.2. The lowest BCUT2D eigenvalue weighted by molar-refractivity contribution is 0.580. The highest BCUT2D eigenvalue weighted by atomic mass is 79.9. The molecule has 0 saturated carbocycles. The summed E-state index contributed by atoms with van der Waals surface area (Å²) in [5, 5.41) is 3.82. The van der Waals surface area contributed by atoms with E-state index in [1.54, 1.807) is 0 Å². The highest BCUT2D eigenvalue weighted by molar-refractivity contribution is 9.10. The van der Waals surface area contributed by atoms with E-state index < -0.39 is 15.8 Å². The smallest absolute Gasteiger partial charge is 0.242 e. The van der Waals surface area contributed by atoms with Crippen molar-refractivity contribution in [2.24, 2.45) is 0 Å². The molecule has 4 nitrogen and oxygen atoms in total. The van der Waals surface area contributed by atoms with Crippen molar-refractivity contribution in [1.29, 1.82) is 0 Å². The number of thiophene rings is 1. The van der Waals surface area contributed by atoms with E-state index in [2.05, 4.69) is 20.7 Å². The zero-order valence-electron chi connectivity index (χ0n) is 10.5. The molecule has 1 heterocycles. The molecule has 0 amide bonds. The molecule has 2 rings (SSSR count). The fourth-order valence-corrected chi connectivity index (χ4v) is 4.48.